The lowest BCUT2D eigenvalue weighted by molar-refractivity contribution is 0.128. The summed E-state index contributed by atoms with van der Waals surface area (Å²) in [5.74, 6) is 0. The van der Waals surface area contributed by atoms with Crippen LogP contribution in [-0.4, -0.2) is 31.9 Å². The first-order valence-corrected chi connectivity index (χ1v) is 3.80. The minimum atomic E-state index is 0.189. The molecule has 0 aromatic carbocycles. The normalized spacial score (nSPS) is 18.2. The second-order valence-corrected chi connectivity index (χ2v) is 2.69. The summed E-state index contributed by atoms with van der Waals surface area (Å²) in [6.07, 6.45) is 0.189. The van der Waals surface area contributed by atoms with Gasteiger partial charge in [0.05, 0.1) is 0 Å². The number of aliphatic imine (C=N–C) groups is 2. The van der Waals surface area contributed by atoms with Gasteiger partial charge < -0.3 is 10.1 Å². The van der Waals surface area contributed by atoms with Gasteiger partial charge in [-0.05, 0) is 13.6 Å². The molecule has 0 amide bonds. The van der Waals surface area contributed by atoms with Gasteiger partial charge in [0.1, 0.15) is 6.10 Å². The van der Waals surface area contributed by atoms with Gasteiger partial charge in [-0.2, -0.15) is 0 Å². The van der Waals surface area contributed by atoms with Crippen molar-refractivity contribution in [2.45, 2.75) is 13.0 Å². The summed E-state index contributed by atoms with van der Waals surface area (Å²) in [6, 6.07) is 0.314. The Labute approximate surface area is 72.1 Å². The monoisotopic (exact) mass is 167 g/mol. The molecule has 1 rings (SSSR count). The van der Waals surface area contributed by atoms with Gasteiger partial charge in [0.15, 0.2) is 0 Å². The van der Waals surface area contributed by atoms with Crippen molar-refractivity contribution < 1.29 is 4.74 Å². The third-order valence-electron chi connectivity index (χ3n) is 1.44. The first kappa shape index (κ1) is 8.93. The average molecular weight is 167 g/mol. The van der Waals surface area contributed by atoms with E-state index in [2.05, 4.69) is 28.6 Å². The second-order valence-electron chi connectivity index (χ2n) is 2.69. The molecule has 1 saturated heterocycles. The highest BCUT2D eigenvalue weighted by atomic mass is 16.5. The quantitative estimate of drug-likeness (QED) is 0.482. The minimum Gasteiger partial charge on any atom is -0.457 e. The van der Waals surface area contributed by atoms with E-state index in [9.17, 15) is 0 Å². The molecule has 4 heteroatoms. The van der Waals surface area contributed by atoms with Crippen LogP contribution in [0.5, 0.6) is 0 Å². The van der Waals surface area contributed by atoms with Gasteiger partial charge in [-0.1, -0.05) is 6.58 Å². The average Bonchev–Trinajstić information content (AvgIpc) is 1.93. The van der Waals surface area contributed by atoms with Crippen molar-refractivity contribution in [1.29, 1.82) is 0 Å². The molecule has 1 aliphatic rings. The number of amidine groups is 1. The summed E-state index contributed by atoms with van der Waals surface area (Å²) >= 11 is 0. The molecule has 1 N–H and O–H groups in total. The summed E-state index contributed by atoms with van der Waals surface area (Å²) in [6.45, 7) is 10.5. The fourth-order valence-electron chi connectivity index (χ4n) is 0.757. The number of nitrogens with zero attached hydrogens (tertiary/aromatic N) is 2. The van der Waals surface area contributed by atoms with Crippen molar-refractivity contribution >= 4 is 12.7 Å². The smallest absolute Gasteiger partial charge is 0.316 e. The van der Waals surface area contributed by atoms with E-state index in [-0.39, 0.29) is 6.10 Å². The van der Waals surface area contributed by atoms with E-state index in [0.29, 0.717) is 11.7 Å². The fourth-order valence-corrected chi connectivity index (χ4v) is 0.757. The van der Waals surface area contributed by atoms with Crippen LogP contribution in [0.2, 0.25) is 0 Å². The zero-order valence-electron chi connectivity index (χ0n) is 7.21. The van der Waals surface area contributed by atoms with Gasteiger partial charge in [-0.15, -0.1) is 0 Å². The molecule has 0 atom stereocenters. The van der Waals surface area contributed by atoms with Crippen LogP contribution in [-0.2, 0) is 4.74 Å². The van der Waals surface area contributed by atoms with Crippen molar-refractivity contribution in [3.05, 3.63) is 12.3 Å². The van der Waals surface area contributed by atoms with Crippen LogP contribution >= 0.6 is 0 Å². The van der Waals surface area contributed by atoms with E-state index in [1.54, 1.807) is 6.92 Å². The van der Waals surface area contributed by atoms with Crippen molar-refractivity contribution in [2.75, 3.05) is 13.1 Å². The molecule has 0 aliphatic carbocycles. The van der Waals surface area contributed by atoms with E-state index >= 15 is 0 Å². The number of allylic oxidation sites excluding steroid dienone is 1. The van der Waals surface area contributed by atoms with Crippen LogP contribution in [0.15, 0.2) is 22.3 Å². The molecule has 4 nitrogen and oxygen atoms in total. The third kappa shape index (κ3) is 2.47. The van der Waals surface area contributed by atoms with Crippen molar-refractivity contribution in [1.82, 2.24) is 5.32 Å². The zero-order chi connectivity index (χ0) is 8.97. The van der Waals surface area contributed by atoms with Crippen molar-refractivity contribution in [3.8, 4) is 0 Å². The number of rotatable bonds is 2. The number of hydrogen-bond donors (Lipinski definition) is 1. The van der Waals surface area contributed by atoms with Crippen LogP contribution in [0.3, 0.4) is 0 Å². The molecule has 12 heavy (non-hydrogen) atoms. The van der Waals surface area contributed by atoms with Gasteiger partial charge in [-0.3, -0.25) is 0 Å². The Bertz CT molecular complexity index is 218. The van der Waals surface area contributed by atoms with E-state index in [0.717, 1.165) is 13.1 Å². The first-order valence-electron chi connectivity index (χ1n) is 3.80. The topological polar surface area (TPSA) is 46.0 Å². The molecule has 0 bridgehead atoms. The van der Waals surface area contributed by atoms with Crippen LogP contribution < -0.4 is 5.32 Å². The molecule has 0 unspecified atom stereocenters. The van der Waals surface area contributed by atoms with Gasteiger partial charge in [0.2, 0.25) is 0 Å². The highest BCUT2D eigenvalue weighted by molar-refractivity contribution is 5.79. The Morgan fingerprint density at radius 2 is 2.25 bits per heavy atom. The molecule has 0 radical (unpaired) electrons. The maximum absolute atomic E-state index is 5.34. The van der Waals surface area contributed by atoms with Gasteiger partial charge in [0.25, 0.3) is 0 Å². The van der Waals surface area contributed by atoms with Gasteiger partial charge in [-0.25, -0.2) is 9.98 Å². The second kappa shape index (κ2) is 4.01. The number of nitrogens with one attached hydrogen (secondary N) is 1. The first-order chi connectivity index (χ1) is 5.72. The molecule has 66 valence electrons. The lowest BCUT2D eigenvalue weighted by Crippen LogP contribution is -2.49. The van der Waals surface area contributed by atoms with Crippen LogP contribution in [0.4, 0.5) is 0 Å². The largest absolute Gasteiger partial charge is 0.457 e. The molecule has 1 heterocycles. The molecule has 0 saturated carbocycles. The summed E-state index contributed by atoms with van der Waals surface area (Å²) in [4.78, 5) is 7.60. The van der Waals surface area contributed by atoms with Gasteiger partial charge >= 0.3 is 6.02 Å². The van der Waals surface area contributed by atoms with Crippen LogP contribution in [0, 0.1) is 0 Å². The molecule has 0 aromatic heterocycles. The fraction of sp³-hybridized carbons (Fsp3) is 0.500. The highest BCUT2D eigenvalue weighted by Gasteiger charge is 2.19. The van der Waals surface area contributed by atoms with Crippen molar-refractivity contribution in [3.63, 3.8) is 0 Å². The van der Waals surface area contributed by atoms with Crippen LogP contribution in [0.25, 0.3) is 0 Å². The Morgan fingerprint density at radius 3 is 2.58 bits per heavy atom. The lowest BCUT2D eigenvalue weighted by Gasteiger charge is -2.26. The van der Waals surface area contributed by atoms with E-state index < -0.39 is 0 Å². The van der Waals surface area contributed by atoms with E-state index in [4.69, 9.17) is 4.74 Å². The van der Waals surface area contributed by atoms with E-state index in [1.165, 1.54) is 0 Å². The minimum absolute atomic E-state index is 0.189. The summed E-state index contributed by atoms with van der Waals surface area (Å²) in [7, 11) is 0. The Kier molecular flexibility index (Phi) is 2.99. The molecule has 0 spiro atoms. The lowest BCUT2D eigenvalue weighted by atomic mass is 10.2. The number of hydrogen-bond acceptors (Lipinski definition) is 3. The number of ether oxygens (including phenoxy) is 1. The standard InChI is InChI=1S/C8H13N3O/c1-6(2)11-8(9-3)12-7-4-10-5-7/h7,10H,1,3-5H2,2H3. The predicted octanol–water partition coefficient (Wildman–Crippen LogP) is 0.565. The van der Waals surface area contributed by atoms with Crippen molar-refractivity contribution in [2.24, 2.45) is 9.98 Å². The maximum Gasteiger partial charge on any atom is 0.316 e. The predicted molar refractivity (Wildman–Crippen MR) is 49.5 cm³/mol. The molecule has 1 aliphatic heterocycles. The van der Waals surface area contributed by atoms with E-state index in [1.807, 2.05) is 0 Å². The summed E-state index contributed by atoms with van der Waals surface area (Å²) in [5, 5.41) is 3.08. The zero-order valence-corrected chi connectivity index (χ0v) is 7.21. The third-order valence-corrected chi connectivity index (χ3v) is 1.44. The maximum atomic E-state index is 5.34. The molecule has 0 aromatic rings. The molecular weight excluding hydrogens is 154 g/mol. The SMILES string of the molecule is C=NC(=NC(=C)C)OC1CNC1. The molecular formula is C8H13N3O. The Hall–Kier alpha value is -1.16. The van der Waals surface area contributed by atoms with Gasteiger partial charge in [0, 0.05) is 18.8 Å². The molecule has 1 fully saturated rings. The Morgan fingerprint density at radius 1 is 1.58 bits per heavy atom. The van der Waals surface area contributed by atoms with Crippen LogP contribution in [0.1, 0.15) is 6.92 Å². The highest BCUT2D eigenvalue weighted by Crippen LogP contribution is 2.02. The summed E-state index contributed by atoms with van der Waals surface area (Å²) in [5.41, 5.74) is 0.671. The summed E-state index contributed by atoms with van der Waals surface area (Å²) < 4.78 is 5.34. The Balaban J connectivity index is 2.43.